The molecule has 0 saturated carbocycles. The van der Waals surface area contributed by atoms with E-state index in [4.69, 9.17) is 0 Å². The van der Waals surface area contributed by atoms with Crippen LogP contribution in [-0.4, -0.2) is 16.1 Å². The Labute approximate surface area is 137 Å². The van der Waals surface area contributed by atoms with Crippen molar-refractivity contribution < 1.29 is 9.85 Å². The lowest BCUT2D eigenvalue weighted by Crippen LogP contribution is -1.98. The van der Waals surface area contributed by atoms with Crippen LogP contribution in [0.5, 0.6) is 0 Å². The molecule has 0 unspecified atom stereocenters. The molecule has 0 aliphatic carbocycles. The smallest absolute Gasteiger partial charge is 0.272 e. The molecule has 0 aliphatic heterocycles. The third-order valence-corrected chi connectivity index (χ3v) is 3.04. The molecule has 8 heteroatoms. The summed E-state index contributed by atoms with van der Waals surface area (Å²) in [6.07, 6.45) is 3.41. The summed E-state index contributed by atoms with van der Waals surface area (Å²) in [5.74, 6) is 0. The van der Waals surface area contributed by atoms with E-state index in [2.05, 4.69) is 10.5 Å². The van der Waals surface area contributed by atoms with Crippen LogP contribution in [0.25, 0.3) is 6.08 Å². The normalized spacial score (nSPS) is 11.5. The van der Waals surface area contributed by atoms with Crippen LogP contribution in [0.3, 0.4) is 0 Å². The molecule has 24 heavy (non-hydrogen) atoms. The molecule has 0 aliphatic rings. The lowest BCUT2D eigenvalue weighted by Gasteiger charge is -2.02. The predicted octanol–water partition coefficient (Wildman–Crippen LogP) is 4.00. The standard InChI is InChI=1S/C16H14N4O4/c1-12(9-13-5-3-2-4-6-13)11-17-18-15-8-7-14(19(21)22)10-16(15)20(23)24/h2-11,18H,1H3/b12-9+,17-11-. The Morgan fingerprint density at radius 2 is 1.79 bits per heavy atom. The number of hydrogen-bond donors (Lipinski definition) is 1. The van der Waals surface area contributed by atoms with Crippen LogP contribution < -0.4 is 5.43 Å². The number of allylic oxidation sites excluding steroid dienone is 1. The third kappa shape index (κ3) is 4.47. The van der Waals surface area contributed by atoms with Crippen molar-refractivity contribution in [3.8, 4) is 0 Å². The number of anilines is 1. The summed E-state index contributed by atoms with van der Waals surface area (Å²) in [6, 6.07) is 12.9. The van der Waals surface area contributed by atoms with Gasteiger partial charge in [0.05, 0.1) is 22.1 Å². The van der Waals surface area contributed by atoms with Crippen LogP contribution in [-0.2, 0) is 0 Å². The molecule has 0 radical (unpaired) electrons. The highest BCUT2D eigenvalue weighted by molar-refractivity contribution is 5.85. The van der Waals surface area contributed by atoms with Crippen LogP contribution >= 0.6 is 0 Å². The fraction of sp³-hybridized carbons (Fsp3) is 0.0625. The van der Waals surface area contributed by atoms with Crippen molar-refractivity contribution in [2.24, 2.45) is 5.10 Å². The number of hydrogen-bond acceptors (Lipinski definition) is 6. The first-order valence-electron chi connectivity index (χ1n) is 6.92. The summed E-state index contributed by atoms with van der Waals surface area (Å²) in [5.41, 5.74) is 3.69. The van der Waals surface area contributed by atoms with E-state index in [1.807, 2.05) is 43.3 Å². The molecule has 0 amide bonds. The molecule has 0 spiro atoms. The highest BCUT2D eigenvalue weighted by Crippen LogP contribution is 2.28. The largest absolute Gasteiger partial charge is 0.301 e. The minimum Gasteiger partial charge on any atom is -0.272 e. The van der Waals surface area contributed by atoms with Gasteiger partial charge in [-0.3, -0.25) is 25.7 Å². The van der Waals surface area contributed by atoms with E-state index < -0.39 is 15.5 Å². The van der Waals surface area contributed by atoms with E-state index >= 15 is 0 Å². The number of nitrogens with one attached hydrogen (secondary N) is 1. The van der Waals surface area contributed by atoms with Crippen molar-refractivity contribution in [1.82, 2.24) is 0 Å². The Hall–Kier alpha value is -3.55. The monoisotopic (exact) mass is 326 g/mol. The van der Waals surface area contributed by atoms with Gasteiger partial charge < -0.3 is 0 Å². The quantitative estimate of drug-likeness (QED) is 0.490. The first kappa shape index (κ1) is 16.8. The zero-order valence-electron chi connectivity index (χ0n) is 12.7. The van der Waals surface area contributed by atoms with Crippen LogP contribution in [0.15, 0.2) is 59.2 Å². The highest BCUT2D eigenvalue weighted by Gasteiger charge is 2.18. The summed E-state index contributed by atoms with van der Waals surface area (Å²) < 4.78 is 0. The number of benzene rings is 2. The maximum atomic E-state index is 11.0. The molecular weight excluding hydrogens is 312 g/mol. The third-order valence-electron chi connectivity index (χ3n) is 3.04. The Balaban J connectivity index is 2.15. The maximum absolute atomic E-state index is 11.0. The van der Waals surface area contributed by atoms with Gasteiger partial charge in [0, 0.05) is 6.07 Å². The van der Waals surface area contributed by atoms with Crippen LogP contribution in [0.4, 0.5) is 17.1 Å². The van der Waals surface area contributed by atoms with E-state index in [0.717, 1.165) is 17.2 Å². The second-order valence-corrected chi connectivity index (χ2v) is 4.88. The summed E-state index contributed by atoms with van der Waals surface area (Å²) in [4.78, 5) is 20.3. The Kier molecular flexibility index (Phi) is 5.35. The van der Waals surface area contributed by atoms with Crippen molar-refractivity contribution in [2.75, 3.05) is 5.43 Å². The Morgan fingerprint density at radius 3 is 2.42 bits per heavy atom. The SMILES string of the molecule is CC(/C=N\Nc1ccc([N+](=O)[O-])cc1[N+](=O)[O-])=C\c1ccccc1. The van der Waals surface area contributed by atoms with Gasteiger partial charge in [0.25, 0.3) is 5.69 Å². The summed E-state index contributed by atoms with van der Waals surface area (Å²) >= 11 is 0. The molecule has 8 nitrogen and oxygen atoms in total. The van der Waals surface area contributed by atoms with Crippen molar-refractivity contribution in [1.29, 1.82) is 0 Å². The summed E-state index contributed by atoms with van der Waals surface area (Å²) in [6.45, 7) is 1.84. The lowest BCUT2D eigenvalue weighted by atomic mass is 10.1. The second kappa shape index (κ2) is 7.63. The topological polar surface area (TPSA) is 111 Å². The van der Waals surface area contributed by atoms with Gasteiger partial charge in [-0.05, 0) is 24.1 Å². The number of rotatable bonds is 6. The van der Waals surface area contributed by atoms with Gasteiger partial charge in [-0.15, -0.1) is 0 Å². The molecule has 2 aromatic carbocycles. The van der Waals surface area contributed by atoms with E-state index in [-0.39, 0.29) is 11.4 Å². The number of non-ortho nitro benzene ring substituents is 1. The van der Waals surface area contributed by atoms with Gasteiger partial charge >= 0.3 is 5.69 Å². The summed E-state index contributed by atoms with van der Waals surface area (Å²) in [5, 5.41) is 25.6. The molecule has 0 heterocycles. The van der Waals surface area contributed by atoms with Crippen LogP contribution in [0.2, 0.25) is 0 Å². The van der Waals surface area contributed by atoms with Crippen LogP contribution in [0.1, 0.15) is 12.5 Å². The molecule has 0 fully saturated rings. The molecule has 0 bridgehead atoms. The van der Waals surface area contributed by atoms with Gasteiger partial charge in [0.2, 0.25) is 0 Å². The Bertz CT molecular complexity index is 816. The van der Waals surface area contributed by atoms with E-state index in [0.29, 0.717) is 0 Å². The minimum atomic E-state index is -0.697. The number of hydrazone groups is 1. The van der Waals surface area contributed by atoms with Crippen molar-refractivity contribution >= 4 is 29.4 Å². The fourth-order valence-electron chi connectivity index (χ4n) is 1.93. The molecule has 0 atom stereocenters. The lowest BCUT2D eigenvalue weighted by molar-refractivity contribution is -0.393. The molecule has 0 aromatic heterocycles. The minimum absolute atomic E-state index is 0.0781. The zero-order chi connectivity index (χ0) is 17.5. The van der Waals surface area contributed by atoms with Crippen molar-refractivity contribution in [3.05, 3.63) is 79.9 Å². The van der Waals surface area contributed by atoms with Crippen molar-refractivity contribution in [2.45, 2.75) is 6.92 Å². The second-order valence-electron chi connectivity index (χ2n) is 4.88. The number of nitro benzene ring substituents is 2. The average Bonchev–Trinajstić information content (AvgIpc) is 2.55. The highest BCUT2D eigenvalue weighted by atomic mass is 16.6. The molecule has 2 aromatic rings. The van der Waals surface area contributed by atoms with Gasteiger partial charge in [-0.1, -0.05) is 36.4 Å². The first-order chi connectivity index (χ1) is 11.5. The van der Waals surface area contributed by atoms with Gasteiger partial charge in [0.15, 0.2) is 0 Å². The van der Waals surface area contributed by atoms with E-state index in [1.54, 1.807) is 0 Å². The molecule has 2 rings (SSSR count). The molecule has 0 saturated heterocycles. The zero-order valence-corrected chi connectivity index (χ0v) is 12.7. The van der Waals surface area contributed by atoms with Crippen LogP contribution in [0, 0.1) is 20.2 Å². The average molecular weight is 326 g/mol. The molecular formula is C16H14N4O4. The predicted molar refractivity (Wildman–Crippen MR) is 92.0 cm³/mol. The van der Waals surface area contributed by atoms with Gasteiger partial charge in [-0.2, -0.15) is 5.10 Å². The van der Waals surface area contributed by atoms with Crippen molar-refractivity contribution in [3.63, 3.8) is 0 Å². The number of nitrogens with zero attached hydrogens (tertiary/aromatic N) is 3. The fourth-order valence-corrected chi connectivity index (χ4v) is 1.93. The molecule has 122 valence electrons. The summed E-state index contributed by atoms with van der Waals surface area (Å²) in [7, 11) is 0. The van der Waals surface area contributed by atoms with Gasteiger partial charge in [0.1, 0.15) is 5.69 Å². The first-order valence-corrected chi connectivity index (χ1v) is 6.92. The van der Waals surface area contributed by atoms with E-state index in [9.17, 15) is 20.2 Å². The Morgan fingerprint density at radius 1 is 1.08 bits per heavy atom. The van der Waals surface area contributed by atoms with E-state index in [1.165, 1.54) is 18.3 Å². The van der Waals surface area contributed by atoms with Gasteiger partial charge in [-0.25, -0.2) is 0 Å². The maximum Gasteiger partial charge on any atom is 0.301 e. The molecule has 1 N–H and O–H groups in total. The number of nitro groups is 2.